The highest BCUT2D eigenvalue weighted by molar-refractivity contribution is 7.17. The van der Waals surface area contributed by atoms with Crippen molar-refractivity contribution in [3.8, 4) is 0 Å². The molecule has 1 aliphatic rings. The molecular formula is C22H31N3O5S. The van der Waals surface area contributed by atoms with E-state index in [1.54, 1.807) is 0 Å². The van der Waals surface area contributed by atoms with E-state index in [4.69, 9.17) is 19.8 Å². The fourth-order valence-electron chi connectivity index (χ4n) is 3.47. The van der Waals surface area contributed by atoms with E-state index < -0.39 is 11.9 Å². The lowest BCUT2D eigenvalue weighted by atomic mass is 10.1. The standard InChI is InChI=1S/C20H29N3OS.C2H2O4/c1-3-17(4-2)21-20(24)14-23-11-9-22(10-12-23)13-16-15-25-19-8-6-5-7-18(16)19;3-1(4)2(5)6/h5-8,15,17H,3-4,9-14H2,1-2H3,(H,21,24);(H,3,4)(H,5,6). The van der Waals surface area contributed by atoms with Crippen LogP contribution >= 0.6 is 11.3 Å². The number of carbonyl (C=O) groups excluding carboxylic acids is 1. The summed E-state index contributed by atoms with van der Waals surface area (Å²) in [7, 11) is 0. The van der Waals surface area contributed by atoms with Crippen molar-refractivity contribution in [1.82, 2.24) is 15.1 Å². The molecule has 2 heterocycles. The lowest BCUT2D eigenvalue weighted by molar-refractivity contribution is -0.159. The summed E-state index contributed by atoms with van der Waals surface area (Å²) in [5.41, 5.74) is 1.43. The number of benzene rings is 1. The number of carboxylic acids is 2. The minimum atomic E-state index is -1.82. The molecule has 1 saturated heterocycles. The van der Waals surface area contributed by atoms with Crippen LogP contribution in [0.15, 0.2) is 29.6 Å². The van der Waals surface area contributed by atoms with Crippen LogP contribution in [0.2, 0.25) is 0 Å². The first-order valence-electron chi connectivity index (χ1n) is 10.5. The second kappa shape index (κ2) is 12.4. The van der Waals surface area contributed by atoms with Crippen LogP contribution < -0.4 is 5.32 Å². The van der Waals surface area contributed by atoms with E-state index >= 15 is 0 Å². The molecule has 3 N–H and O–H groups in total. The third kappa shape index (κ3) is 7.93. The molecule has 1 amide bonds. The molecule has 1 fully saturated rings. The molecule has 1 aromatic carbocycles. The predicted molar refractivity (Wildman–Crippen MR) is 121 cm³/mol. The van der Waals surface area contributed by atoms with Gasteiger partial charge in [-0.15, -0.1) is 11.3 Å². The maximum atomic E-state index is 12.2. The maximum Gasteiger partial charge on any atom is 0.414 e. The molecule has 0 atom stereocenters. The Bertz CT molecular complexity index is 861. The van der Waals surface area contributed by atoms with Crippen LogP contribution in [0.5, 0.6) is 0 Å². The van der Waals surface area contributed by atoms with Crippen LogP contribution in [0.25, 0.3) is 10.1 Å². The highest BCUT2D eigenvalue weighted by Gasteiger charge is 2.20. The molecule has 3 rings (SSSR count). The Morgan fingerprint density at radius 3 is 2.16 bits per heavy atom. The number of rotatable bonds is 7. The Hall–Kier alpha value is -2.49. The Morgan fingerprint density at radius 1 is 1.00 bits per heavy atom. The number of hydrogen-bond acceptors (Lipinski definition) is 6. The Kier molecular flexibility index (Phi) is 9.90. The van der Waals surface area contributed by atoms with Crippen LogP contribution in [-0.4, -0.2) is 76.6 Å². The number of amides is 1. The van der Waals surface area contributed by atoms with Gasteiger partial charge in [-0.2, -0.15) is 0 Å². The highest BCUT2D eigenvalue weighted by Crippen LogP contribution is 2.26. The predicted octanol–water partition coefficient (Wildman–Crippen LogP) is 2.48. The molecule has 9 heteroatoms. The smallest absolute Gasteiger partial charge is 0.414 e. The average molecular weight is 450 g/mol. The third-order valence-corrected chi connectivity index (χ3v) is 6.33. The first kappa shape index (κ1) is 24.8. The molecule has 0 radical (unpaired) electrons. The molecule has 2 aromatic rings. The van der Waals surface area contributed by atoms with Crippen molar-refractivity contribution in [3.63, 3.8) is 0 Å². The minimum Gasteiger partial charge on any atom is -0.473 e. The zero-order valence-corrected chi connectivity index (χ0v) is 18.9. The van der Waals surface area contributed by atoms with Gasteiger partial charge in [0.1, 0.15) is 0 Å². The van der Waals surface area contributed by atoms with Gasteiger partial charge in [-0.25, -0.2) is 9.59 Å². The van der Waals surface area contributed by atoms with Crippen LogP contribution in [-0.2, 0) is 20.9 Å². The SMILES string of the molecule is CCC(CC)NC(=O)CN1CCN(Cc2csc3ccccc23)CC1.O=C(O)C(=O)O. The number of thiophene rings is 1. The van der Waals surface area contributed by atoms with Gasteiger partial charge in [-0.3, -0.25) is 14.6 Å². The lowest BCUT2D eigenvalue weighted by Gasteiger charge is -2.34. The van der Waals surface area contributed by atoms with E-state index in [1.165, 1.54) is 15.6 Å². The monoisotopic (exact) mass is 449 g/mol. The maximum absolute atomic E-state index is 12.2. The molecule has 31 heavy (non-hydrogen) atoms. The first-order valence-corrected chi connectivity index (χ1v) is 11.4. The summed E-state index contributed by atoms with van der Waals surface area (Å²) in [5, 5.41) is 21.6. The number of fused-ring (bicyclic) bond motifs is 1. The number of nitrogens with one attached hydrogen (secondary N) is 1. The summed E-state index contributed by atoms with van der Waals surface area (Å²) in [6.45, 7) is 9.80. The van der Waals surface area contributed by atoms with Crippen molar-refractivity contribution in [1.29, 1.82) is 0 Å². The van der Waals surface area contributed by atoms with Gasteiger partial charge in [-0.1, -0.05) is 32.0 Å². The normalized spacial score (nSPS) is 14.8. The Morgan fingerprint density at radius 2 is 1.58 bits per heavy atom. The molecular weight excluding hydrogens is 418 g/mol. The van der Waals surface area contributed by atoms with Crippen LogP contribution in [0.3, 0.4) is 0 Å². The van der Waals surface area contributed by atoms with E-state index in [1.807, 2.05) is 11.3 Å². The van der Waals surface area contributed by atoms with Gasteiger partial charge in [0.25, 0.3) is 0 Å². The average Bonchev–Trinajstić information content (AvgIpc) is 3.16. The fraction of sp³-hybridized carbons (Fsp3) is 0.500. The number of hydrogen-bond donors (Lipinski definition) is 3. The summed E-state index contributed by atoms with van der Waals surface area (Å²) in [6.07, 6.45) is 2.01. The van der Waals surface area contributed by atoms with E-state index in [9.17, 15) is 4.79 Å². The number of nitrogens with zero attached hydrogens (tertiary/aromatic N) is 2. The van der Waals surface area contributed by atoms with Crippen LogP contribution in [0, 0.1) is 0 Å². The van der Waals surface area contributed by atoms with E-state index in [0.717, 1.165) is 45.6 Å². The number of aliphatic carboxylic acids is 2. The summed E-state index contributed by atoms with van der Waals surface area (Å²) >= 11 is 1.83. The van der Waals surface area contributed by atoms with E-state index in [2.05, 4.69) is 58.6 Å². The number of piperazine rings is 1. The van der Waals surface area contributed by atoms with Gasteiger partial charge in [0.05, 0.1) is 6.54 Å². The second-order valence-corrected chi connectivity index (χ2v) is 8.41. The topological polar surface area (TPSA) is 110 Å². The fourth-order valence-corrected chi connectivity index (χ4v) is 4.42. The van der Waals surface area contributed by atoms with Crippen LogP contribution in [0.1, 0.15) is 32.3 Å². The summed E-state index contributed by atoms with van der Waals surface area (Å²) in [4.78, 5) is 35.1. The summed E-state index contributed by atoms with van der Waals surface area (Å²) < 4.78 is 1.37. The first-order chi connectivity index (χ1) is 14.8. The van der Waals surface area contributed by atoms with Crippen molar-refractivity contribution in [3.05, 3.63) is 35.2 Å². The van der Waals surface area contributed by atoms with Crippen LogP contribution in [0.4, 0.5) is 0 Å². The number of carboxylic acid groups (broad SMARTS) is 2. The molecule has 0 unspecified atom stereocenters. The van der Waals surface area contributed by atoms with Crippen molar-refractivity contribution in [2.75, 3.05) is 32.7 Å². The molecule has 8 nitrogen and oxygen atoms in total. The van der Waals surface area contributed by atoms with Gasteiger partial charge in [-0.05, 0) is 35.2 Å². The summed E-state index contributed by atoms with van der Waals surface area (Å²) in [5.74, 6) is -3.48. The molecule has 0 aliphatic carbocycles. The zero-order valence-electron chi connectivity index (χ0n) is 18.0. The van der Waals surface area contributed by atoms with E-state index in [0.29, 0.717) is 12.6 Å². The minimum absolute atomic E-state index is 0.172. The molecule has 1 aliphatic heterocycles. The van der Waals surface area contributed by atoms with E-state index in [-0.39, 0.29) is 5.91 Å². The van der Waals surface area contributed by atoms with Gasteiger partial charge in [0.15, 0.2) is 0 Å². The second-order valence-electron chi connectivity index (χ2n) is 7.50. The largest absolute Gasteiger partial charge is 0.473 e. The molecule has 0 spiro atoms. The van der Waals surface area contributed by atoms with Crippen molar-refractivity contribution >= 4 is 39.3 Å². The zero-order chi connectivity index (χ0) is 22.8. The van der Waals surface area contributed by atoms with Gasteiger partial charge >= 0.3 is 11.9 Å². The van der Waals surface area contributed by atoms with Gasteiger partial charge < -0.3 is 15.5 Å². The Labute approximate surface area is 186 Å². The molecule has 0 bridgehead atoms. The number of carbonyl (C=O) groups is 3. The van der Waals surface area contributed by atoms with Crippen molar-refractivity contribution < 1.29 is 24.6 Å². The Balaban J connectivity index is 0.000000501. The van der Waals surface area contributed by atoms with Crippen molar-refractivity contribution in [2.45, 2.75) is 39.3 Å². The molecule has 1 aromatic heterocycles. The molecule has 0 saturated carbocycles. The van der Waals surface area contributed by atoms with Crippen molar-refractivity contribution in [2.24, 2.45) is 0 Å². The van der Waals surface area contributed by atoms with Gasteiger partial charge in [0, 0.05) is 43.5 Å². The summed E-state index contributed by atoms with van der Waals surface area (Å²) in [6, 6.07) is 8.96. The third-order valence-electron chi connectivity index (χ3n) is 5.32. The van der Waals surface area contributed by atoms with Gasteiger partial charge in [0.2, 0.25) is 5.91 Å². The molecule has 170 valence electrons. The quantitative estimate of drug-likeness (QED) is 0.557. The lowest BCUT2D eigenvalue weighted by Crippen LogP contribution is -2.50. The highest BCUT2D eigenvalue weighted by atomic mass is 32.1.